The van der Waals surface area contributed by atoms with Gasteiger partial charge >= 0.3 is 0 Å². The third-order valence-corrected chi connectivity index (χ3v) is 2.96. The lowest BCUT2D eigenvalue weighted by atomic mass is 10.1. The number of methoxy groups -OCH3 is 1. The van der Waals surface area contributed by atoms with Gasteiger partial charge in [0.2, 0.25) is 5.89 Å². The molecule has 1 N–H and O–H groups in total. The number of hydrogen-bond acceptors (Lipinski definition) is 6. The zero-order valence-electron chi connectivity index (χ0n) is 11.3. The molecule has 0 radical (unpaired) electrons. The Hall–Kier alpha value is -2.63. The molecule has 0 aliphatic heterocycles. The lowest BCUT2D eigenvalue weighted by molar-refractivity contribution is 0.388. The van der Waals surface area contributed by atoms with Crippen LogP contribution in [0.3, 0.4) is 0 Å². The van der Waals surface area contributed by atoms with Crippen LogP contribution in [0.25, 0.3) is 10.8 Å². The molecule has 0 amide bonds. The van der Waals surface area contributed by atoms with Crippen molar-refractivity contribution in [2.45, 2.75) is 13.5 Å². The second-order valence-corrected chi connectivity index (χ2v) is 4.33. The first-order valence-corrected chi connectivity index (χ1v) is 6.22. The summed E-state index contributed by atoms with van der Waals surface area (Å²) >= 11 is 0. The fraction of sp³-hybridized carbons (Fsp3) is 0.214. The SMILES string of the molecule is COc1ccc2c(NCc3noc(C)n3)nccc2c1. The van der Waals surface area contributed by atoms with Crippen LogP contribution >= 0.6 is 0 Å². The van der Waals surface area contributed by atoms with E-state index < -0.39 is 0 Å². The fourth-order valence-corrected chi connectivity index (χ4v) is 2.00. The number of fused-ring (bicyclic) bond motifs is 1. The van der Waals surface area contributed by atoms with Crippen molar-refractivity contribution in [1.29, 1.82) is 0 Å². The first-order chi connectivity index (χ1) is 9.76. The van der Waals surface area contributed by atoms with Crippen LogP contribution in [0.15, 0.2) is 35.0 Å². The first kappa shape index (κ1) is 12.4. The van der Waals surface area contributed by atoms with Gasteiger partial charge in [0.15, 0.2) is 5.82 Å². The molecule has 6 nitrogen and oxygen atoms in total. The van der Waals surface area contributed by atoms with Crippen LogP contribution in [0.5, 0.6) is 5.75 Å². The van der Waals surface area contributed by atoms with Crippen LogP contribution in [0.2, 0.25) is 0 Å². The molecular formula is C14H14N4O2. The molecule has 0 atom stereocenters. The highest BCUT2D eigenvalue weighted by Gasteiger charge is 2.06. The third-order valence-electron chi connectivity index (χ3n) is 2.96. The summed E-state index contributed by atoms with van der Waals surface area (Å²) in [6.07, 6.45) is 1.76. The van der Waals surface area contributed by atoms with Gasteiger partial charge in [-0.05, 0) is 29.7 Å². The number of rotatable bonds is 4. The molecule has 2 aromatic heterocycles. The minimum absolute atomic E-state index is 0.468. The van der Waals surface area contributed by atoms with Crippen molar-refractivity contribution in [2.75, 3.05) is 12.4 Å². The Morgan fingerprint density at radius 2 is 2.20 bits per heavy atom. The predicted octanol–water partition coefficient (Wildman–Crippen LogP) is 2.55. The van der Waals surface area contributed by atoms with Crippen LogP contribution in [0.1, 0.15) is 11.7 Å². The molecule has 0 saturated heterocycles. The van der Waals surface area contributed by atoms with Gasteiger partial charge in [0.1, 0.15) is 11.6 Å². The number of nitrogens with one attached hydrogen (secondary N) is 1. The van der Waals surface area contributed by atoms with E-state index in [1.165, 1.54) is 0 Å². The summed E-state index contributed by atoms with van der Waals surface area (Å²) in [4.78, 5) is 8.49. The van der Waals surface area contributed by atoms with Gasteiger partial charge < -0.3 is 14.6 Å². The summed E-state index contributed by atoms with van der Waals surface area (Å²) in [5.41, 5.74) is 0. The third kappa shape index (κ3) is 2.40. The summed E-state index contributed by atoms with van der Waals surface area (Å²) < 4.78 is 10.2. The van der Waals surface area contributed by atoms with Gasteiger partial charge in [-0.25, -0.2) is 4.98 Å². The Labute approximate surface area is 115 Å². The quantitative estimate of drug-likeness (QED) is 0.785. The van der Waals surface area contributed by atoms with E-state index in [9.17, 15) is 0 Å². The van der Waals surface area contributed by atoms with Crippen LogP contribution in [0, 0.1) is 6.92 Å². The average Bonchev–Trinajstić information content (AvgIpc) is 2.90. The lowest BCUT2D eigenvalue weighted by Crippen LogP contribution is -2.03. The van der Waals surface area contributed by atoms with E-state index in [0.717, 1.165) is 22.3 Å². The molecule has 0 aliphatic rings. The van der Waals surface area contributed by atoms with E-state index >= 15 is 0 Å². The van der Waals surface area contributed by atoms with Crippen molar-refractivity contribution in [1.82, 2.24) is 15.1 Å². The Morgan fingerprint density at radius 3 is 2.95 bits per heavy atom. The number of nitrogens with zero attached hydrogens (tertiary/aromatic N) is 3. The van der Waals surface area contributed by atoms with Crippen LogP contribution in [0.4, 0.5) is 5.82 Å². The molecule has 3 aromatic rings. The van der Waals surface area contributed by atoms with Gasteiger partial charge in [0, 0.05) is 18.5 Å². The van der Waals surface area contributed by atoms with E-state index in [4.69, 9.17) is 9.26 Å². The van der Waals surface area contributed by atoms with Crippen LogP contribution < -0.4 is 10.1 Å². The van der Waals surface area contributed by atoms with Crippen molar-refractivity contribution in [3.63, 3.8) is 0 Å². The largest absolute Gasteiger partial charge is 0.497 e. The van der Waals surface area contributed by atoms with E-state index in [-0.39, 0.29) is 0 Å². The van der Waals surface area contributed by atoms with Crippen molar-refractivity contribution >= 4 is 16.6 Å². The predicted molar refractivity (Wildman–Crippen MR) is 74.7 cm³/mol. The van der Waals surface area contributed by atoms with Gasteiger partial charge in [0.05, 0.1) is 13.7 Å². The van der Waals surface area contributed by atoms with Crippen molar-refractivity contribution in [3.05, 3.63) is 42.2 Å². The smallest absolute Gasteiger partial charge is 0.223 e. The number of anilines is 1. The average molecular weight is 270 g/mol. The highest BCUT2D eigenvalue weighted by atomic mass is 16.5. The number of aryl methyl sites for hydroxylation is 1. The topological polar surface area (TPSA) is 73.1 Å². The molecule has 20 heavy (non-hydrogen) atoms. The molecule has 102 valence electrons. The monoisotopic (exact) mass is 270 g/mol. The summed E-state index contributed by atoms with van der Waals surface area (Å²) in [5, 5.41) is 9.14. The molecule has 0 fully saturated rings. The standard InChI is InChI=1S/C14H14N4O2/c1-9-17-13(18-20-9)8-16-14-12-4-3-11(19-2)7-10(12)5-6-15-14/h3-7H,8H2,1-2H3,(H,15,16). The Balaban J connectivity index is 1.87. The van der Waals surface area contributed by atoms with E-state index in [2.05, 4.69) is 20.4 Å². The molecule has 0 bridgehead atoms. The fourth-order valence-electron chi connectivity index (χ4n) is 2.00. The maximum Gasteiger partial charge on any atom is 0.223 e. The van der Waals surface area contributed by atoms with Gasteiger partial charge in [-0.3, -0.25) is 0 Å². The summed E-state index contributed by atoms with van der Waals surface area (Å²) in [6, 6.07) is 7.81. The molecule has 3 rings (SSSR count). The summed E-state index contributed by atoms with van der Waals surface area (Å²) in [7, 11) is 1.65. The zero-order chi connectivity index (χ0) is 13.9. The van der Waals surface area contributed by atoms with Gasteiger partial charge in [-0.15, -0.1) is 0 Å². The Kier molecular flexibility index (Phi) is 3.20. The zero-order valence-corrected chi connectivity index (χ0v) is 11.3. The van der Waals surface area contributed by atoms with Gasteiger partial charge in [0.25, 0.3) is 0 Å². The first-order valence-electron chi connectivity index (χ1n) is 6.22. The molecule has 0 aliphatic carbocycles. The number of pyridine rings is 1. The van der Waals surface area contributed by atoms with Crippen molar-refractivity contribution in [3.8, 4) is 5.75 Å². The molecule has 0 saturated carbocycles. The minimum atomic E-state index is 0.468. The molecule has 1 aromatic carbocycles. The van der Waals surface area contributed by atoms with Gasteiger partial charge in [-0.1, -0.05) is 5.16 Å². The Bertz CT molecular complexity index is 739. The maximum atomic E-state index is 5.22. The number of ether oxygens (including phenoxy) is 1. The summed E-state index contributed by atoms with van der Waals surface area (Å²) in [5.74, 6) is 2.77. The van der Waals surface area contributed by atoms with E-state index in [1.807, 2.05) is 24.3 Å². The van der Waals surface area contributed by atoms with E-state index in [0.29, 0.717) is 18.3 Å². The molecule has 0 spiro atoms. The molecule has 6 heteroatoms. The number of benzene rings is 1. The summed E-state index contributed by atoms with van der Waals surface area (Å²) in [6.45, 7) is 2.23. The normalized spacial score (nSPS) is 10.7. The second-order valence-electron chi connectivity index (χ2n) is 4.33. The second kappa shape index (κ2) is 5.16. The molecule has 2 heterocycles. The minimum Gasteiger partial charge on any atom is -0.497 e. The molecular weight excluding hydrogens is 256 g/mol. The van der Waals surface area contributed by atoms with E-state index in [1.54, 1.807) is 20.2 Å². The van der Waals surface area contributed by atoms with Gasteiger partial charge in [-0.2, -0.15) is 4.98 Å². The maximum absolute atomic E-state index is 5.22. The molecule has 0 unspecified atom stereocenters. The van der Waals surface area contributed by atoms with Crippen molar-refractivity contribution < 1.29 is 9.26 Å². The number of aromatic nitrogens is 3. The van der Waals surface area contributed by atoms with Crippen molar-refractivity contribution in [2.24, 2.45) is 0 Å². The number of hydrogen-bond donors (Lipinski definition) is 1. The Morgan fingerprint density at radius 1 is 1.30 bits per heavy atom. The van der Waals surface area contributed by atoms with Crippen LogP contribution in [-0.4, -0.2) is 22.2 Å². The highest BCUT2D eigenvalue weighted by Crippen LogP contribution is 2.25. The lowest BCUT2D eigenvalue weighted by Gasteiger charge is -2.08. The highest BCUT2D eigenvalue weighted by molar-refractivity contribution is 5.92. The van der Waals surface area contributed by atoms with Crippen LogP contribution in [-0.2, 0) is 6.54 Å².